The molecule has 1 aliphatic carbocycles. The first-order chi connectivity index (χ1) is 12.5. The zero-order chi connectivity index (χ0) is 18.3. The average molecular weight is 375 g/mol. The van der Waals surface area contributed by atoms with E-state index in [2.05, 4.69) is 20.0 Å². The molecule has 1 aromatic carbocycles. The fourth-order valence-electron chi connectivity index (χ4n) is 3.25. The molecule has 0 spiro atoms. The monoisotopic (exact) mass is 375 g/mol. The molecule has 0 saturated heterocycles. The highest BCUT2D eigenvalue weighted by atomic mass is 32.1. The second kappa shape index (κ2) is 6.56. The summed E-state index contributed by atoms with van der Waals surface area (Å²) in [7, 11) is 0. The molecule has 6 nitrogen and oxygen atoms in total. The van der Waals surface area contributed by atoms with Crippen molar-refractivity contribution < 1.29 is 13.6 Å². The molecule has 1 N–H and O–H groups in total. The molecular weight excluding hydrogens is 360 g/mol. The first-order valence-electron chi connectivity index (χ1n) is 8.16. The molecule has 0 fully saturated rings. The van der Waals surface area contributed by atoms with Gasteiger partial charge in [0.05, 0.1) is 23.6 Å². The predicted octanol–water partition coefficient (Wildman–Crippen LogP) is 3.12. The first kappa shape index (κ1) is 16.8. The van der Waals surface area contributed by atoms with Crippen molar-refractivity contribution in [3.63, 3.8) is 0 Å². The predicted molar refractivity (Wildman–Crippen MR) is 91.3 cm³/mol. The van der Waals surface area contributed by atoms with Crippen molar-refractivity contribution in [1.82, 2.24) is 24.7 Å². The number of hydrogen-bond acceptors (Lipinski definition) is 5. The molecule has 0 radical (unpaired) electrons. The molecular formula is C17H15F2N5OS. The molecule has 3 aromatic rings. The normalized spacial score (nSPS) is 16.3. The molecule has 26 heavy (non-hydrogen) atoms. The van der Waals surface area contributed by atoms with Gasteiger partial charge in [-0.05, 0) is 49.9 Å². The molecule has 2 heterocycles. The summed E-state index contributed by atoms with van der Waals surface area (Å²) in [6.45, 7) is 1.74. The first-order valence-corrected chi connectivity index (χ1v) is 8.93. The number of benzene rings is 1. The number of hydrogen-bond donors (Lipinski definition) is 1. The second-order valence-corrected chi connectivity index (χ2v) is 6.95. The number of carbonyl (C=O) groups is 1. The summed E-state index contributed by atoms with van der Waals surface area (Å²) in [5.41, 5.74) is 2.64. The van der Waals surface area contributed by atoms with Crippen molar-refractivity contribution in [3.05, 3.63) is 57.9 Å². The fourth-order valence-corrected chi connectivity index (χ4v) is 3.81. The zero-order valence-corrected chi connectivity index (χ0v) is 14.7. The number of aryl methyl sites for hydroxylation is 1. The topological polar surface area (TPSA) is 72.7 Å². The van der Waals surface area contributed by atoms with Gasteiger partial charge in [-0.3, -0.25) is 4.79 Å². The maximum atomic E-state index is 13.5. The van der Waals surface area contributed by atoms with E-state index in [-0.39, 0.29) is 11.9 Å². The molecule has 0 saturated carbocycles. The summed E-state index contributed by atoms with van der Waals surface area (Å²) >= 11 is 1.06. The van der Waals surface area contributed by atoms with E-state index in [9.17, 15) is 13.6 Å². The highest BCUT2D eigenvalue weighted by molar-refractivity contribution is 7.08. The number of aromatic nitrogens is 4. The Bertz CT molecular complexity index is 963. The molecule has 134 valence electrons. The Balaban J connectivity index is 1.65. The number of amides is 1. The van der Waals surface area contributed by atoms with Crippen molar-refractivity contribution in [2.24, 2.45) is 0 Å². The number of rotatable bonds is 3. The third-order valence-electron chi connectivity index (χ3n) is 4.44. The van der Waals surface area contributed by atoms with Gasteiger partial charge in [0.15, 0.2) is 0 Å². The van der Waals surface area contributed by atoms with Crippen LogP contribution in [0.15, 0.2) is 24.4 Å². The standard InChI is InChI=1S/C17H15F2N5OS/c1-9-16(26-23-22-9)17(25)21-14-3-2-4-15-13(14)8-20-24(15)12-6-10(18)5-11(19)7-12/h5-8,14H,2-4H2,1H3,(H,21,25)/t14-/m1/s1. The maximum absolute atomic E-state index is 13.5. The maximum Gasteiger partial charge on any atom is 0.265 e. The van der Waals surface area contributed by atoms with Crippen LogP contribution in [-0.4, -0.2) is 25.3 Å². The quantitative estimate of drug-likeness (QED) is 0.763. The zero-order valence-electron chi connectivity index (χ0n) is 13.9. The molecule has 0 unspecified atom stereocenters. The highest BCUT2D eigenvalue weighted by Gasteiger charge is 2.27. The number of fused-ring (bicyclic) bond motifs is 1. The minimum absolute atomic E-state index is 0.208. The Morgan fingerprint density at radius 1 is 1.31 bits per heavy atom. The number of nitrogens with one attached hydrogen (secondary N) is 1. The molecule has 1 atom stereocenters. The summed E-state index contributed by atoms with van der Waals surface area (Å²) in [4.78, 5) is 12.9. The van der Waals surface area contributed by atoms with Crippen LogP contribution in [0.5, 0.6) is 0 Å². The molecule has 1 amide bonds. The van der Waals surface area contributed by atoms with E-state index in [1.54, 1.807) is 17.8 Å². The Morgan fingerprint density at radius 2 is 2.08 bits per heavy atom. The Kier molecular flexibility index (Phi) is 4.23. The molecule has 9 heteroatoms. The van der Waals surface area contributed by atoms with E-state index in [1.807, 2.05) is 0 Å². The van der Waals surface area contributed by atoms with Crippen LogP contribution >= 0.6 is 11.5 Å². The van der Waals surface area contributed by atoms with Gasteiger partial charge >= 0.3 is 0 Å². The number of nitrogens with zero attached hydrogens (tertiary/aromatic N) is 4. The smallest absolute Gasteiger partial charge is 0.265 e. The fraction of sp³-hybridized carbons (Fsp3) is 0.294. The molecule has 1 aliphatic rings. The summed E-state index contributed by atoms with van der Waals surface area (Å²) in [5, 5.41) is 11.1. The van der Waals surface area contributed by atoms with Crippen molar-refractivity contribution in [1.29, 1.82) is 0 Å². The lowest BCUT2D eigenvalue weighted by Gasteiger charge is -2.24. The molecule has 0 bridgehead atoms. The Morgan fingerprint density at radius 3 is 2.77 bits per heavy atom. The van der Waals surface area contributed by atoms with Gasteiger partial charge in [0.2, 0.25) is 0 Å². The van der Waals surface area contributed by atoms with Crippen molar-refractivity contribution in [3.8, 4) is 5.69 Å². The van der Waals surface area contributed by atoms with E-state index in [0.717, 1.165) is 48.1 Å². The average Bonchev–Trinajstić information content (AvgIpc) is 3.20. The van der Waals surface area contributed by atoms with Gasteiger partial charge in [0, 0.05) is 17.3 Å². The Hall–Kier alpha value is -2.68. The van der Waals surface area contributed by atoms with Gasteiger partial charge in [-0.2, -0.15) is 5.10 Å². The summed E-state index contributed by atoms with van der Waals surface area (Å²) < 4.78 is 32.4. The second-order valence-electron chi connectivity index (χ2n) is 6.19. The van der Waals surface area contributed by atoms with Gasteiger partial charge in [-0.1, -0.05) is 4.49 Å². The van der Waals surface area contributed by atoms with Crippen LogP contribution in [-0.2, 0) is 6.42 Å². The summed E-state index contributed by atoms with van der Waals surface area (Å²) in [5.74, 6) is -1.53. The Labute approximate surface area is 152 Å². The van der Waals surface area contributed by atoms with Gasteiger partial charge in [-0.25, -0.2) is 13.5 Å². The molecule has 0 aliphatic heterocycles. The number of carbonyl (C=O) groups excluding carboxylic acids is 1. The highest BCUT2D eigenvalue weighted by Crippen LogP contribution is 2.31. The third-order valence-corrected chi connectivity index (χ3v) is 5.26. The third kappa shape index (κ3) is 2.98. The van der Waals surface area contributed by atoms with E-state index < -0.39 is 11.6 Å². The van der Waals surface area contributed by atoms with Crippen molar-refractivity contribution in [2.75, 3.05) is 0 Å². The van der Waals surface area contributed by atoms with Crippen LogP contribution in [0.25, 0.3) is 5.69 Å². The van der Waals surface area contributed by atoms with Crippen molar-refractivity contribution in [2.45, 2.75) is 32.2 Å². The molecule has 2 aromatic heterocycles. The largest absolute Gasteiger partial charge is 0.344 e. The van der Waals surface area contributed by atoms with Gasteiger partial charge in [0.25, 0.3) is 5.91 Å². The van der Waals surface area contributed by atoms with Crippen LogP contribution in [0, 0.1) is 18.6 Å². The van der Waals surface area contributed by atoms with Crippen LogP contribution in [0.4, 0.5) is 8.78 Å². The lowest BCUT2D eigenvalue weighted by molar-refractivity contribution is 0.0936. The van der Waals surface area contributed by atoms with Crippen LogP contribution < -0.4 is 5.32 Å². The minimum atomic E-state index is -0.655. The summed E-state index contributed by atoms with van der Waals surface area (Å²) in [6.07, 6.45) is 3.98. The lowest BCUT2D eigenvalue weighted by atomic mass is 9.92. The van der Waals surface area contributed by atoms with Gasteiger partial charge in [0.1, 0.15) is 16.5 Å². The van der Waals surface area contributed by atoms with Gasteiger partial charge in [-0.15, -0.1) is 5.10 Å². The SMILES string of the molecule is Cc1nnsc1C(=O)N[C@@H]1CCCc2c1cnn2-c1cc(F)cc(F)c1. The lowest BCUT2D eigenvalue weighted by Crippen LogP contribution is -2.30. The van der Waals surface area contributed by atoms with E-state index in [1.165, 1.54) is 12.1 Å². The minimum Gasteiger partial charge on any atom is -0.344 e. The number of halogens is 2. The van der Waals surface area contributed by atoms with Crippen molar-refractivity contribution >= 4 is 17.4 Å². The van der Waals surface area contributed by atoms with Crippen LogP contribution in [0.1, 0.15) is 45.5 Å². The van der Waals surface area contributed by atoms with Crippen LogP contribution in [0.3, 0.4) is 0 Å². The van der Waals surface area contributed by atoms with Crippen LogP contribution in [0.2, 0.25) is 0 Å². The van der Waals surface area contributed by atoms with E-state index in [0.29, 0.717) is 16.3 Å². The van der Waals surface area contributed by atoms with E-state index in [4.69, 9.17) is 0 Å². The molecule has 4 rings (SSSR count). The van der Waals surface area contributed by atoms with Gasteiger partial charge < -0.3 is 5.32 Å². The summed E-state index contributed by atoms with van der Waals surface area (Å²) in [6, 6.07) is 3.10. The van der Waals surface area contributed by atoms with E-state index >= 15 is 0 Å².